The molecule has 1 amide bonds. The molecule has 0 aliphatic carbocycles. The number of unbranched alkanes of at least 4 members (excludes halogenated alkanes) is 44. The van der Waals surface area contributed by atoms with Crippen molar-refractivity contribution in [3.8, 4) is 0 Å². The molecule has 0 radical (unpaired) electrons. The molecule has 1 saturated heterocycles. The van der Waals surface area contributed by atoms with Crippen molar-refractivity contribution < 1.29 is 49.3 Å². The summed E-state index contributed by atoms with van der Waals surface area (Å²) in [6.45, 7) is 4.30. The average Bonchev–Trinajstić information content (AvgIpc) is 3.63. The minimum absolute atomic E-state index is 0.00229. The van der Waals surface area contributed by atoms with Gasteiger partial charge >= 0.3 is 5.97 Å². The van der Waals surface area contributed by atoms with Crippen LogP contribution in [0.15, 0.2) is 60.8 Å². The first-order valence-electron chi connectivity index (χ1n) is 37.6. The van der Waals surface area contributed by atoms with Gasteiger partial charge in [0, 0.05) is 12.8 Å². The van der Waals surface area contributed by atoms with E-state index in [4.69, 9.17) is 14.2 Å². The molecule has 0 saturated carbocycles. The molecule has 0 aromatic carbocycles. The summed E-state index contributed by atoms with van der Waals surface area (Å²) in [5.74, 6) is -0.183. The van der Waals surface area contributed by atoms with Gasteiger partial charge in [0.05, 0.1) is 32.0 Å². The van der Waals surface area contributed by atoms with E-state index in [0.717, 1.165) is 70.6 Å². The van der Waals surface area contributed by atoms with Gasteiger partial charge in [-0.15, -0.1) is 0 Å². The Labute approximate surface area is 541 Å². The summed E-state index contributed by atoms with van der Waals surface area (Å²) in [6.07, 6.45) is 78.2. The van der Waals surface area contributed by atoms with Gasteiger partial charge in [-0.05, 0) is 89.9 Å². The van der Waals surface area contributed by atoms with Crippen LogP contribution in [0.1, 0.15) is 354 Å². The topological polar surface area (TPSA) is 175 Å². The first-order chi connectivity index (χ1) is 43.2. The summed E-state index contributed by atoms with van der Waals surface area (Å²) in [4.78, 5) is 25.1. The van der Waals surface area contributed by atoms with Gasteiger partial charge < -0.3 is 45.1 Å². The van der Waals surface area contributed by atoms with E-state index in [1.807, 2.05) is 6.08 Å². The van der Waals surface area contributed by atoms with Crippen LogP contribution in [-0.4, -0.2) is 100 Å². The standard InChI is InChI=1S/C77H141NO10/c1-3-5-7-9-11-13-14-15-42-45-49-53-57-61-65-73(82)86-66-62-58-54-50-46-43-40-38-36-34-32-30-28-26-24-22-20-18-16-17-19-21-23-25-27-29-31-33-35-37-39-41-44-48-52-56-60-64-72(81)78-69(70(80)63-59-55-51-47-12-10-8-6-4-2)68-87-77-76(85)75(84)74(83)71(67-79)88-77/h9,11,14-16,18,22,24,59,63,69-71,74-77,79-80,83-85H,3-8,10,12-13,17,19-21,23,25-58,60-62,64-68H2,1-2H3,(H,78,81)/b11-9-,15-14-,18-16-,24-22-,63-59+. The molecule has 0 aromatic heterocycles. The molecule has 1 fully saturated rings. The minimum Gasteiger partial charge on any atom is -0.466 e. The van der Waals surface area contributed by atoms with Crippen LogP contribution >= 0.6 is 0 Å². The molecule has 11 heteroatoms. The third-order valence-corrected chi connectivity index (χ3v) is 17.6. The normalized spacial score (nSPS) is 18.1. The van der Waals surface area contributed by atoms with Crippen LogP contribution in [0.2, 0.25) is 0 Å². The number of hydrogen-bond acceptors (Lipinski definition) is 10. The lowest BCUT2D eigenvalue weighted by Gasteiger charge is -2.40. The van der Waals surface area contributed by atoms with E-state index in [-0.39, 0.29) is 18.5 Å². The lowest BCUT2D eigenvalue weighted by Crippen LogP contribution is -2.60. The third-order valence-electron chi connectivity index (χ3n) is 17.6. The Morgan fingerprint density at radius 3 is 1.18 bits per heavy atom. The molecule has 7 atom stereocenters. The molecule has 0 bridgehead atoms. The molecule has 1 aliphatic heterocycles. The maximum Gasteiger partial charge on any atom is 0.305 e. The van der Waals surface area contributed by atoms with Gasteiger partial charge in [0.25, 0.3) is 0 Å². The fourth-order valence-electron chi connectivity index (χ4n) is 11.7. The van der Waals surface area contributed by atoms with E-state index < -0.39 is 49.5 Å². The zero-order chi connectivity index (χ0) is 63.7. The SMILES string of the molecule is CCCC/C=C\C/C=C\CCCCCCCC(=O)OCCCCCCCCCCCCCCC/C=C\C/C=C\CCCCCCCCCCCCCCCCCCCC(=O)NC(COC1OC(CO)C(O)C(O)C1O)C(O)/C=C/CCCCCCCCC. The molecular weight excluding hydrogens is 1100 g/mol. The predicted octanol–water partition coefficient (Wildman–Crippen LogP) is 19.7. The number of hydrogen-bond donors (Lipinski definition) is 6. The van der Waals surface area contributed by atoms with Crippen molar-refractivity contribution in [1.82, 2.24) is 5.32 Å². The smallest absolute Gasteiger partial charge is 0.305 e. The van der Waals surface area contributed by atoms with Crippen LogP contribution in [0.4, 0.5) is 0 Å². The molecule has 11 nitrogen and oxygen atoms in total. The maximum atomic E-state index is 13.0. The van der Waals surface area contributed by atoms with Gasteiger partial charge in [0.1, 0.15) is 24.4 Å². The molecule has 1 rings (SSSR count). The third kappa shape index (κ3) is 54.0. The predicted molar refractivity (Wildman–Crippen MR) is 370 cm³/mol. The number of carbonyl (C=O) groups excluding carboxylic acids is 2. The second-order valence-corrected chi connectivity index (χ2v) is 26.0. The van der Waals surface area contributed by atoms with Crippen LogP contribution in [0.25, 0.3) is 0 Å². The molecular formula is C77H141NO10. The number of nitrogens with one attached hydrogen (secondary N) is 1. The van der Waals surface area contributed by atoms with E-state index in [0.29, 0.717) is 19.4 Å². The zero-order valence-corrected chi connectivity index (χ0v) is 57.2. The van der Waals surface area contributed by atoms with Crippen molar-refractivity contribution in [3.63, 3.8) is 0 Å². The Bertz CT molecular complexity index is 1650. The van der Waals surface area contributed by atoms with Crippen LogP contribution < -0.4 is 5.32 Å². The Hall–Kier alpha value is -2.64. The highest BCUT2D eigenvalue weighted by atomic mass is 16.7. The minimum atomic E-state index is -1.57. The molecule has 6 N–H and O–H groups in total. The fraction of sp³-hybridized carbons (Fsp3) is 0.844. The Morgan fingerprint density at radius 2 is 0.773 bits per heavy atom. The summed E-state index contributed by atoms with van der Waals surface area (Å²) < 4.78 is 16.7. The highest BCUT2D eigenvalue weighted by molar-refractivity contribution is 5.76. The van der Waals surface area contributed by atoms with Crippen molar-refractivity contribution in [1.29, 1.82) is 0 Å². The van der Waals surface area contributed by atoms with Gasteiger partial charge in [-0.3, -0.25) is 9.59 Å². The summed E-state index contributed by atoms with van der Waals surface area (Å²) in [5, 5.41) is 54.3. The van der Waals surface area contributed by atoms with E-state index in [1.165, 1.54) is 257 Å². The van der Waals surface area contributed by atoms with Crippen molar-refractivity contribution in [2.75, 3.05) is 19.8 Å². The van der Waals surface area contributed by atoms with Crippen LogP contribution in [0.5, 0.6) is 0 Å². The second-order valence-electron chi connectivity index (χ2n) is 26.0. The molecule has 0 spiro atoms. The fourth-order valence-corrected chi connectivity index (χ4v) is 11.7. The lowest BCUT2D eigenvalue weighted by molar-refractivity contribution is -0.302. The lowest BCUT2D eigenvalue weighted by atomic mass is 9.99. The summed E-state index contributed by atoms with van der Waals surface area (Å²) in [7, 11) is 0. The Balaban J connectivity index is 1.89. The van der Waals surface area contributed by atoms with Crippen molar-refractivity contribution in [2.24, 2.45) is 0 Å². The second kappa shape index (κ2) is 65.8. The van der Waals surface area contributed by atoms with Crippen LogP contribution in [0, 0.1) is 0 Å². The van der Waals surface area contributed by atoms with Crippen LogP contribution in [-0.2, 0) is 23.8 Å². The van der Waals surface area contributed by atoms with Crippen molar-refractivity contribution >= 4 is 11.9 Å². The van der Waals surface area contributed by atoms with E-state index in [2.05, 4.69) is 67.8 Å². The molecule has 514 valence electrons. The number of ether oxygens (including phenoxy) is 3. The average molecular weight is 1240 g/mol. The molecule has 1 aliphatic rings. The number of esters is 1. The number of carbonyl (C=O) groups is 2. The molecule has 88 heavy (non-hydrogen) atoms. The quantitative estimate of drug-likeness (QED) is 0.0195. The summed E-state index contributed by atoms with van der Waals surface area (Å²) in [6, 6.07) is -0.807. The maximum absolute atomic E-state index is 13.0. The largest absolute Gasteiger partial charge is 0.466 e. The number of rotatable bonds is 66. The monoisotopic (exact) mass is 1240 g/mol. The van der Waals surface area contributed by atoms with Gasteiger partial charge in [-0.25, -0.2) is 0 Å². The number of aliphatic hydroxyl groups is 5. The highest BCUT2D eigenvalue weighted by Crippen LogP contribution is 2.23. The summed E-state index contributed by atoms with van der Waals surface area (Å²) in [5.41, 5.74) is 0. The van der Waals surface area contributed by atoms with Crippen molar-refractivity contribution in [3.05, 3.63) is 60.8 Å². The Morgan fingerprint density at radius 1 is 0.420 bits per heavy atom. The number of allylic oxidation sites excluding steroid dienone is 9. The molecule has 7 unspecified atom stereocenters. The zero-order valence-electron chi connectivity index (χ0n) is 57.2. The first-order valence-corrected chi connectivity index (χ1v) is 37.6. The van der Waals surface area contributed by atoms with Gasteiger partial charge in [-0.1, -0.05) is 312 Å². The Kier molecular flexibility index (Phi) is 62.4. The first kappa shape index (κ1) is 83.4. The molecule has 0 aromatic rings. The van der Waals surface area contributed by atoms with E-state index in [9.17, 15) is 35.1 Å². The highest BCUT2D eigenvalue weighted by Gasteiger charge is 2.44. The summed E-state index contributed by atoms with van der Waals surface area (Å²) >= 11 is 0. The number of amides is 1. The van der Waals surface area contributed by atoms with Gasteiger partial charge in [0.15, 0.2) is 6.29 Å². The van der Waals surface area contributed by atoms with E-state index in [1.54, 1.807) is 6.08 Å². The van der Waals surface area contributed by atoms with Gasteiger partial charge in [0.2, 0.25) is 5.91 Å². The van der Waals surface area contributed by atoms with Crippen LogP contribution in [0.3, 0.4) is 0 Å². The number of aliphatic hydroxyl groups excluding tert-OH is 5. The molecule has 1 heterocycles. The van der Waals surface area contributed by atoms with E-state index >= 15 is 0 Å². The van der Waals surface area contributed by atoms with Gasteiger partial charge in [-0.2, -0.15) is 0 Å². The van der Waals surface area contributed by atoms with Crippen molar-refractivity contribution in [2.45, 2.75) is 397 Å².